The van der Waals surface area contributed by atoms with Crippen LogP contribution >= 0.6 is 11.8 Å². The third-order valence-electron chi connectivity index (χ3n) is 5.26. The zero-order valence-electron chi connectivity index (χ0n) is 18.9. The summed E-state index contributed by atoms with van der Waals surface area (Å²) in [5.41, 5.74) is 3.66. The summed E-state index contributed by atoms with van der Waals surface area (Å²) in [6, 6.07) is 12.5. The average molecular weight is 478 g/mol. The Kier molecular flexibility index (Phi) is 6.78. The van der Waals surface area contributed by atoms with E-state index in [1.54, 1.807) is 35.9 Å². The number of hydrogen-bond acceptors (Lipinski definition) is 7. The second-order valence-corrected chi connectivity index (χ2v) is 8.45. The van der Waals surface area contributed by atoms with Gasteiger partial charge in [-0.25, -0.2) is 14.5 Å². The molecule has 0 saturated heterocycles. The molecule has 174 valence electrons. The first-order chi connectivity index (χ1) is 16.4. The molecule has 0 radical (unpaired) electrons. The molecule has 9 nitrogen and oxygen atoms in total. The van der Waals surface area contributed by atoms with E-state index in [4.69, 9.17) is 4.74 Å². The number of benzene rings is 2. The van der Waals surface area contributed by atoms with Crippen LogP contribution in [-0.2, 0) is 9.53 Å². The SMILES string of the molecule is CCOC(=O)c1ccccc1NC(=O)CSc1nc2c(cnn2-c2cccc(C)c2C)c(=O)[nH]1. The summed E-state index contributed by atoms with van der Waals surface area (Å²) in [5.74, 6) is -0.891. The Morgan fingerprint density at radius 3 is 2.74 bits per heavy atom. The van der Waals surface area contributed by atoms with Gasteiger partial charge in [-0.3, -0.25) is 9.59 Å². The van der Waals surface area contributed by atoms with E-state index in [1.165, 1.54) is 6.20 Å². The number of aromatic nitrogens is 4. The first-order valence-corrected chi connectivity index (χ1v) is 11.6. The number of nitrogens with zero attached hydrogens (tertiary/aromatic N) is 3. The Hall–Kier alpha value is -3.92. The lowest BCUT2D eigenvalue weighted by Gasteiger charge is -2.10. The molecule has 0 atom stereocenters. The Balaban J connectivity index is 1.55. The summed E-state index contributed by atoms with van der Waals surface area (Å²) in [5, 5.41) is 7.73. The van der Waals surface area contributed by atoms with Gasteiger partial charge in [0.05, 0.1) is 35.5 Å². The molecule has 1 amide bonds. The van der Waals surface area contributed by atoms with Crippen LogP contribution in [0.25, 0.3) is 16.7 Å². The predicted octanol–water partition coefficient (Wildman–Crippen LogP) is 3.63. The number of para-hydroxylation sites is 1. The second-order valence-electron chi connectivity index (χ2n) is 7.49. The van der Waals surface area contributed by atoms with Crippen LogP contribution in [-0.4, -0.2) is 44.0 Å². The molecule has 0 saturated carbocycles. The van der Waals surface area contributed by atoms with Gasteiger partial charge in [-0.1, -0.05) is 36.0 Å². The fourth-order valence-electron chi connectivity index (χ4n) is 3.41. The van der Waals surface area contributed by atoms with E-state index in [1.807, 2.05) is 32.0 Å². The zero-order chi connectivity index (χ0) is 24.2. The molecule has 2 heterocycles. The standard InChI is InChI=1S/C24H23N5O4S/c1-4-33-23(32)16-9-5-6-10-18(16)26-20(30)13-34-24-27-21-17(22(31)28-24)12-25-29(21)19-11-7-8-14(2)15(19)3/h5-12H,4,13H2,1-3H3,(H,26,30)(H,27,28,31). The van der Waals surface area contributed by atoms with Crippen molar-refractivity contribution in [3.05, 3.63) is 75.7 Å². The summed E-state index contributed by atoms with van der Waals surface area (Å²) in [7, 11) is 0. The molecular weight excluding hydrogens is 454 g/mol. The number of amides is 1. The van der Waals surface area contributed by atoms with Gasteiger partial charge in [0.15, 0.2) is 10.8 Å². The summed E-state index contributed by atoms with van der Waals surface area (Å²) < 4.78 is 6.67. The maximum absolute atomic E-state index is 12.6. The largest absolute Gasteiger partial charge is 0.462 e. The minimum atomic E-state index is -0.512. The Morgan fingerprint density at radius 2 is 1.94 bits per heavy atom. The molecule has 34 heavy (non-hydrogen) atoms. The molecule has 0 fully saturated rings. The Bertz CT molecular complexity index is 1440. The monoisotopic (exact) mass is 477 g/mol. The van der Waals surface area contributed by atoms with Gasteiger partial charge >= 0.3 is 5.97 Å². The minimum absolute atomic E-state index is 0.0246. The van der Waals surface area contributed by atoms with E-state index in [0.29, 0.717) is 21.9 Å². The normalized spacial score (nSPS) is 10.9. The number of anilines is 1. The highest BCUT2D eigenvalue weighted by Gasteiger charge is 2.16. The second kappa shape index (κ2) is 9.92. The number of esters is 1. The fourth-order valence-corrected chi connectivity index (χ4v) is 4.06. The van der Waals surface area contributed by atoms with Crippen LogP contribution in [0.5, 0.6) is 0 Å². The van der Waals surface area contributed by atoms with Crippen LogP contribution in [0.15, 0.2) is 58.6 Å². The smallest absolute Gasteiger partial charge is 0.340 e. The number of hydrogen-bond donors (Lipinski definition) is 2. The topological polar surface area (TPSA) is 119 Å². The summed E-state index contributed by atoms with van der Waals surface area (Å²) >= 11 is 1.08. The molecule has 2 aromatic carbocycles. The zero-order valence-corrected chi connectivity index (χ0v) is 19.7. The van der Waals surface area contributed by atoms with Crippen molar-refractivity contribution in [3.8, 4) is 5.69 Å². The van der Waals surface area contributed by atoms with Crippen molar-refractivity contribution in [1.29, 1.82) is 0 Å². The first kappa shape index (κ1) is 23.2. The van der Waals surface area contributed by atoms with Crippen LogP contribution < -0.4 is 10.9 Å². The van der Waals surface area contributed by atoms with Crippen LogP contribution in [0.3, 0.4) is 0 Å². The van der Waals surface area contributed by atoms with Crippen LogP contribution in [0.1, 0.15) is 28.4 Å². The van der Waals surface area contributed by atoms with Gasteiger partial charge < -0.3 is 15.0 Å². The number of ether oxygens (including phenoxy) is 1. The van der Waals surface area contributed by atoms with Crippen molar-refractivity contribution in [2.75, 3.05) is 17.7 Å². The quantitative estimate of drug-likeness (QED) is 0.237. The minimum Gasteiger partial charge on any atom is -0.462 e. The van der Waals surface area contributed by atoms with Crippen molar-refractivity contribution in [2.45, 2.75) is 25.9 Å². The lowest BCUT2D eigenvalue weighted by molar-refractivity contribution is -0.113. The van der Waals surface area contributed by atoms with Crippen molar-refractivity contribution < 1.29 is 14.3 Å². The Labute approximate surface area is 199 Å². The van der Waals surface area contributed by atoms with E-state index in [0.717, 1.165) is 28.6 Å². The fraction of sp³-hybridized carbons (Fsp3) is 0.208. The lowest BCUT2D eigenvalue weighted by Crippen LogP contribution is -2.18. The molecule has 10 heteroatoms. The van der Waals surface area contributed by atoms with Crippen molar-refractivity contribution in [1.82, 2.24) is 19.7 Å². The van der Waals surface area contributed by atoms with Gasteiger partial charge in [0.2, 0.25) is 5.91 Å². The maximum atomic E-state index is 12.6. The van der Waals surface area contributed by atoms with E-state index < -0.39 is 5.97 Å². The van der Waals surface area contributed by atoms with Gasteiger partial charge in [0.25, 0.3) is 5.56 Å². The molecule has 0 aliphatic carbocycles. The number of thioether (sulfide) groups is 1. The molecule has 2 N–H and O–H groups in total. The van der Waals surface area contributed by atoms with Gasteiger partial charge in [-0.15, -0.1) is 0 Å². The summed E-state index contributed by atoms with van der Waals surface area (Å²) in [4.78, 5) is 44.5. The molecule has 0 bridgehead atoms. The van der Waals surface area contributed by atoms with Crippen molar-refractivity contribution >= 4 is 40.4 Å². The third kappa shape index (κ3) is 4.72. The van der Waals surface area contributed by atoms with Gasteiger partial charge in [-0.2, -0.15) is 5.10 Å². The number of carbonyl (C=O) groups excluding carboxylic acids is 2. The summed E-state index contributed by atoms with van der Waals surface area (Å²) in [6.45, 7) is 5.94. The highest BCUT2D eigenvalue weighted by atomic mass is 32.2. The molecule has 4 aromatic rings. The highest BCUT2D eigenvalue weighted by Crippen LogP contribution is 2.22. The van der Waals surface area contributed by atoms with E-state index in [9.17, 15) is 14.4 Å². The molecule has 4 rings (SSSR count). The van der Waals surface area contributed by atoms with Gasteiger partial charge in [-0.05, 0) is 50.1 Å². The van der Waals surface area contributed by atoms with E-state index >= 15 is 0 Å². The summed E-state index contributed by atoms with van der Waals surface area (Å²) in [6.07, 6.45) is 1.48. The molecule has 0 unspecified atom stereocenters. The molecule has 0 aliphatic heterocycles. The van der Waals surface area contributed by atoms with Crippen molar-refractivity contribution in [3.63, 3.8) is 0 Å². The maximum Gasteiger partial charge on any atom is 0.340 e. The van der Waals surface area contributed by atoms with E-state index in [-0.39, 0.29) is 29.4 Å². The van der Waals surface area contributed by atoms with Crippen molar-refractivity contribution in [2.24, 2.45) is 0 Å². The van der Waals surface area contributed by atoms with Crippen LogP contribution in [0.4, 0.5) is 5.69 Å². The molecular formula is C24H23N5O4S. The lowest BCUT2D eigenvalue weighted by atomic mass is 10.1. The van der Waals surface area contributed by atoms with Crippen LogP contribution in [0.2, 0.25) is 0 Å². The molecule has 0 aliphatic rings. The average Bonchev–Trinajstić information content (AvgIpc) is 3.24. The van der Waals surface area contributed by atoms with Crippen LogP contribution in [0, 0.1) is 13.8 Å². The highest BCUT2D eigenvalue weighted by molar-refractivity contribution is 7.99. The first-order valence-electron chi connectivity index (χ1n) is 10.6. The molecule has 2 aromatic heterocycles. The van der Waals surface area contributed by atoms with Gasteiger partial charge in [0.1, 0.15) is 5.39 Å². The molecule has 0 spiro atoms. The number of aromatic amines is 1. The third-order valence-corrected chi connectivity index (χ3v) is 6.13. The van der Waals surface area contributed by atoms with Gasteiger partial charge in [0, 0.05) is 0 Å². The number of aryl methyl sites for hydroxylation is 1. The number of fused-ring (bicyclic) bond motifs is 1. The number of rotatable bonds is 7. The predicted molar refractivity (Wildman–Crippen MR) is 131 cm³/mol. The number of H-pyrrole nitrogens is 1. The van der Waals surface area contributed by atoms with E-state index in [2.05, 4.69) is 20.4 Å². The number of nitrogens with one attached hydrogen (secondary N) is 2. The number of carbonyl (C=O) groups is 2. The Morgan fingerprint density at radius 1 is 1.15 bits per heavy atom.